The molecule has 0 aromatic heterocycles. The number of hydrogen-bond acceptors (Lipinski definition) is 3. The minimum atomic E-state index is -1.03. The van der Waals surface area contributed by atoms with Gasteiger partial charge in [0.1, 0.15) is 0 Å². The Labute approximate surface area is 111 Å². The Morgan fingerprint density at radius 2 is 1.68 bits per heavy atom. The Bertz CT molecular complexity index is 636. The van der Waals surface area contributed by atoms with Crippen LogP contribution in [0.5, 0.6) is 0 Å². The Hall–Kier alpha value is -2.49. The molecule has 98 valence electrons. The SMILES string of the molecule is Cc1ccc(Nc2ccc(N)c(C(=O)O)c2)cc1C. The highest BCUT2D eigenvalue weighted by molar-refractivity contribution is 5.95. The number of nitrogens with one attached hydrogen (secondary N) is 1. The molecule has 0 aliphatic heterocycles. The van der Waals surface area contributed by atoms with Crippen molar-refractivity contribution in [1.29, 1.82) is 0 Å². The van der Waals surface area contributed by atoms with Crippen molar-refractivity contribution in [3.63, 3.8) is 0 Å². The van der Waals surface area contributed by atoms with Crippen LogP contribution in [0.4, 0.5) is 17.1 Å². The van der Waals surface area contributed by atoms with Crippen LogP contribution in [-0.4, -0.2) is 11.1 Å². The third-order valence-electron chi connectivity index (χ3n) is 3.08. The summed E-state index contributed by atoms with van der Waals surface area (Å²) in [6.07, 6.45) is 0. The lowest BCUT2D eigenvalue weighted by Gasteiger charge is -2.10. The second kappa shape index (κ2) is 5.02. The highest BCUT2D eigenvalue weighted by Gasteiger charge is 2.08. The van der Waals surface area contributed by atoms with Crippen LogP contribution in [0.15, 0.2) is 36.4 Å². The van der Waals surface area contributed by atoms with Gasteiger partial charge in [0, 0.05) is 17.1 Å². The van der Waals surface area contributed by atoms with Crippen molar-refractivity contribution in [1.82, 2.24) is 0 Å². The molecule has 4 heteroatoms. The van der Waals surface area contributed by atoms with E-state index in [1.165, 1.54) is 17.2 Å². The molecular weight excluding hydrogens is 240 g/mol. The molecule has 4 N–H and O–H groups in total. The Kier molecular flexibility index (Phi) is 3.42. The van der Waals surface area contributed by atoms with Crippen LogP contribution in [0, 0.1) is 13.8 Å². The van der Waals surface area contributed by atoms with Crippen molar-refractivity contribution >= 4 is 23.0 Å². The van der Waals surface area contributed by atoms with Crippen LogP contribution < -0.4 is 11.1 Å². The topological polar surface area (TPSA) is 75.3 Å². The average molecular weight is 256 g/mol. The number of aromatic carboxylic acids is 1. The monoisotopic (exact) mass is 256 g/mol. The van der Waals surface area contributed by atoms with E-state index in [0.717, 1.165) is 5.69 Å². The molecule has 0 unspecified atom stereocenters. The van der Waals surface area contributed by atoms with Crippen LogP contribution in [0.2, 0.25) is 0 Å². The predicted octanol–water partition coefficient (Wildman–Crippen LogP) is 3.33. The van der Waals surface area contributed by atoms with Crippen molar-refractivity contribution in [2.75, 3.05) is 11.1 Å². The number of carboxylic acid groups (broad SMARTS) is 1. The van der Waals surface area contributed by atoms with Crippen LogP contribution in [0.3, 0.4) is 0 Å². The molecule has 0 saturated heterocycles. The number of rotatable bonds is 3. The first-order chi connectivity index (χ1) is 8.97. The van der Waals surface area contributed by atoms with Crippen molar-refractivity contribution in [2.45, 2.75) is 13.8 Å². The molecule has 0 amide bonds. The van der Waals surface area contributed by atoms with Gasteiger partial charge < -0.3 is 16.2 Å². The molecule has 19 heavy (non-hydrogen) atoms. The average Bonchev–Trinajstić information content (AvgIpc) is 2.36. The van der Waals surface area contributed by atoms with Gasteiger partial charge in [0.25, 0.3) is 0 Å². The zero-order chi connectivity index (χ0) is 14.0. The summed E-state index contributed by atoms with van der Waals surface area (Å²) in [4.78, 5) is 11.0. The number of hydrogen-bond donors (Lipinski definition) is 3. The minimum absolute atomic E-state index is 0.105. The van der Waals surface area contributed by atoms with Gasteiger partial charge in [-0.15, -0.1) is 0 Å². The highest BCUT2D eigenvalue weighted by Crippen LogP contribution is 2.23. The maximum Gasteiger partial charge on any atom is 0.337 e. The Morgan fingerprint density at radius 1 is 1.05 bits per heavy atom. The first kappa shape index (κ1) is 13.0. The van der Waals surface area contributed by atoms with Gasteiger partial charge in [-0.2, -0.15) is 0 Å². The number of anilines is 3. The van der Waals surface area contributed by atoms with E-state index in [1.54, 1.807) is 12.1 Å². The second-order valence-electron chi connectivity index (χ2n) is 4.53. The summed E-state index contributed by atoms with van der Waals surface area (Å²) in [7, 11) is 0. The van der Waals surface area contributed by atoms with Crippen LogP contribution in [-0.2, 0) is 0 Å². The lowest BCUT2D eigenvalue weighted by molar-refractivity contribution is 0.0698. The fraction of sp³-hybridized carbons (Fsp3) is 0.133. The molecule has 2 rings (SSSR count). The van der Waals surface area contributed by atoms with Crippen LogP contribution >= 0.6 is 0 Å². The first-order valence-electron chi connectivity index (χ1n) is 5.94. The van der Waals surface area contributed by atoms with Gasteiger partial charge in [-0.05, 0) is 55.3 Å². The van der Waals surface area contributed by atoms with Crippen molar-refractivity contribution in [2.24, 2.45) is 0 Å². The van der Waals surface area contributed by atoms with Gasteiger partial charge in [-0.25, -0.2) is 4.79 Å². The summed E-state index contributed by atoms with van der Waals surface area (Å²) in [5, 5.41) is 12.2. The predicted molar refractivity (Wildman–Crippen MR) is 77.0 cm³/mol. The van der Waals surface area contributed by atoms with Gasteiger partial charge in [0.05, 0.1) is 5.56 Å². The molecule has 4 nitrogen and oxygen atoms in total. The molecule has 0 spiro atoms. The number of carbonyl (C=O) groups is 1. The van der Waals surface area contributed by atoms with Gasteiger partial charge in [-0.1, -0.05) is 6.07 Å². The molecule has 0 radical (unpaired) electrons. The quantitative estimate of drug-likeness (QED) is 0.736. The molecule has 2 aromatic carbocycles. The third kappa shape index (κ3) is 2.85. The largest absolute Gasteiger partial charge is 0.478 e. The Morgan fingerprint density at radius 3 is 2.32 bits per heavy atom. The molecule has 0 fully saturated rings. The van der Waals surface area contributed by atoms with E-state index in [1.807, 2.05) is 32.0 Å². The smallest absolute Gasteiger partial charge is 0.337 e. The molecule has 2 aromatic rings. The molecule has 0 atom stereocenters. The van der Waals surface area contributed by atoms with E-state index in [4.69, 9.17) is 10.8 Å². The normalized spacial score (nSPS) is 10.2. The summed E-state index contributed by atoms with van der Waals surface area (Å²) < 4.78 is 0. The van der Waals surface area contributed by atoms with Gasteiger partial charge >= 0.3 is 5.97 Å². The van der Waals surface area contributed by atoms with Gasteiger partial charge in [-0.3, -0.25) is 0 Å². The van der Waals surface area contributed by atoms with Gasteiger partial charge in [0.15, 0.2) is 0 Å². The first-order valence-corrected chi connectivity index (χ1v) is 5.94. The number of nitrogen functional groups attached to an aromatic ring is 1. The van der Waals surface area contributed by atoms with Crippen LogP contribution in [0.25, 0.3) is 0 Å². The third-order valence-corrected chi connectivity index (χ3v) is 3.08. The van der Waals surface area contributed by atoms with Crippen LogP contribution in [0.1, 0.15) is 21.5 Å². The molecule has 0 heterocycles. The maximum atomic E-state index is 11.0. The zero-order valence-electron chi connectivity index (χ0n) is 10.9. The summed E-state index contributed by atoms with van der Waals surface area (Å²) in [5.41, 5.74) is 10.0. The fourth-order valence-corrected chi connectivity index (χ4v) is 1.81. The van der Waals surface area contributed by atoms with E-state index in [9.17, 15) is 4.79 Å². The van der Waals surface area contributed by atoms with E-state index in [2.05, 4.69) is 5.32 Å². The lowest BCUT2D eigenvalue weighted by Crippen LogP contribution is -2.03. The maximum absolute atomic E-state index is 11.0. The number of aryl methyl sites for hydroxylation is 2. The van der Waals surface area contributed by atoms with Gasteiger partial charge in [0.2, 0.25) is 0 Å². The second-order valence-corrected chi connectivity index (χ2v) is 4.53. The summed E-state index contributed by atoms with van der Waals surface area (Å²) in [5.74, 6) is -1.03. The summed E-state index contributed by atoms with van der Waals surface area (Å²) in [6, 6.07) is 10.9. The highest BCUT2D eigenvalue weighted by atomic mass is 16.4. The van der Waals surface area contributed by atoms with E-state index in [0.29, 0.717) is 5.69 Å². The molecule has 0 aliphatic rings. The van der Waals surface area contributed by atoms with Crippen molar-refractivity contribution in [3.05, 3.63) is 53.1 Å². The standard InChI is InChI=1S/C15H16N2O2/c1-9-3-4-11(7-10(9)2)17-12-5-6-14(16)13(8-12)15(18)19/h3-8,17H,16H2,1-2H3,(H,18,19). The van der Waals surface area contributed by atoms with Crippen molar-refractivity contribution in [3.8, 4) is 0 Å². The molecular formula is C15H16N2O2. The zero-order valence-corrected chi connectivity index (χ0v) is 10.9. The molecule has 0 saturated carbocycles. The molecule has 0 bridgehead atoms. The summed E-state index contributed by atoms with van der Waals surface area (Å²) >= 11 is 0. The minimum Gasteiger partial charge on any atom is -0.478 e. The number of nitrogens with two attached hydrogens (primary N) is 1. The summed E-state index contributed by atoms with van der Waals surface area (Å²) in [6.45, 7) is 4.08. The number of benzene rings is 2. The molecule has 0 aliphatic carbocycles. The van der Waals surface area contributed by atoms with E-state index in [-0.39, 0.29) is 11.3 Å². The van der Waals surface area contributed by atoms with E-state index >= 15 is 0 Å². The Balaban J connectivity index is 2.30. The lowest BCUT2D eigenvalue weighted by atomic mass is 10.1. The van der Waals surface area contributed by atoms with Crippen molar-refractivity contribution < 1.29 is 9.90 Å². The van der Waals surface area contributed by atoms with E-state index < -0.39 is 5.97 Å². The number of carboxylic acids is 1. The fourth-order valence-electron chi connectivity index (χ4n) is 1.81.